The van der Waals surface area contributed by atoms with E-state index < -0.39 is 5.54 Å². The number of halogens is 1. The summed E-state index contributed by atoms with van der Waals surface area (Å²) >= 11 is 6.60. The van der Waals surface area contributed by atoms with Crippen LogP contribution >= 0.6 is 11.6 Å². The van der Waals surface area contributed by atoms with Crippen molar-refractivity contribution >= 4 is 34.2 Å². The van der Waals surface area contributed by atoms with Gasteiger partial charge >= 0.3 is 6.01 Å². The average molecular weight is 516 g/mol. The number of aromatic amines is 1. The molecule has 8 heteroatoms. The van der Waals surface area contributed by atoms with E-state index in [-0.39, 0.29) is 11.9 Å². The maximum Gasteiger partial charge on any atom is 0.301 e. The molecule has 2 aromatic carbocycles. The van der Waals surface area contributed by atoms with E-state index in [0.717, 1.165) is 30.4 Å². The van der Waals surface area contributed by atoms with E-state index in [9.17, 15) is 4.79 Å². The highest BCUT2D eigenvalue weighted by Gasteiger charge is 2.21. The molecule has 1 unspecified atom stereocenters. The monoisotopic (exact) mass is 515 g/mol. The van der Waals surface area contributed by atoms with E-state index >= 15 is 0 Å². The first-order chi connectivity index (χ1) is 17.7. The zero-order valence-corrected chi connectivity index (χ0v) is 21.9. The molecule has 0 bridgehead atoms. The molecule has 2 heterocycles. The van der Waals surface area contributed by atoms with E-state index in [2.05, 4.69) is 33.5 Å². The Kier molecular flexibility index (Phi) is 6.75. The van der Waals surface area contributed by atoms with E-state index in [1.54, 1.807) is 0 Å². The maximum atomic E-state index is 11.5. The fourth-order valence-electron chi connectivity index (χ4n) is 4.67. The number of benzene rings is 2. The Balaban J connectivity index is 1.34. The molecule has 1 atom stereocenters. The number of fused-ring (bicyclic) bond motifs is 1. The third kappa shape index (κ3) is 5.53. The Morgan fingerprint density at radius 3 is 2.46 bits per heavy atom. The number of hydrogen-bond acceptors (Lipinski definition) is 5. The van der Waals surface area contributed by atoms with Gasteiger partial charge in [0.15, 0.2) is 5.65 Å². The summed E-state index contributed by atoms with van der Waals surface area (Å²) < 4.78 is 5.94. The number of amides is 1. The number of pyridine rings is 1. The van der Waals surface area contributed by atoms with Crippen LogP contribution in [0, 0.1) is 0 Å². The molecule has 0 saturated carbocycles. The van der Waals surface area contributed by atoms with Gasteiger partial charge in [-0.05, 0) is 68.0 Å². The van der Waals surface area contributed by atoms with Crippen molar-refractivity contribution in [1.82, 2.24) is 20.3 Å². The molecule has 7 nitrogen and oxygen atoms in total. The number of carbonyl (C=O) groups is 1. The van der Waals surface area contributed by atoms with Gasteiger partial charge in [0.2, 0.25) is 5.91 Å². The number of imidazole rings is 1. The molecule has 1 aliphatic rings. The van der Waals surface area contributed by atoms with Crippen LogP contribution < -0.4 is 15.8 Å². The average Bonchev–Trinajstić information content (AvgIpc) is 3.24. The van der Waals surface area contributed by atoms with Crippen LogP contribution in [0.25, 0.3) is 28.0 Å². The van der Waals surface area contributed by atoms with Crippen LogP contribution in [-0.2, 0) is 10.3 Å². The third-order valence-electron chi connectivity index (χ3n) is 6.66. The first kappa shape index (κ1) is 25.0. The molecule has 1 amide bonds. The predicted octanol–water partition coefficient (Wildman–Crippen LogP) is 6.34. The lowest BCUT2D eigenvalue weighted by molar-refractivity contribution is -0.120. The Hall–Kier alpha value is -3.68. The maximum absolute atomic E-state index is 11.5. The molecule has 2 aromatic heterocycles. The molecule has 0 radical (unpaired) electrons. The number of allylic oxidation sites excluding steroid dienone is 1. The molecule has 0 saturated heterocycles. The summed E-state index contributed by atoms with van der Waals surface area (Å²) in [5.41, 5.74) is 11.8. The van der Waals surface area contributed by atoms with Crippen molar-refractivity contribution in [2.24, 2.45) is 5.73 Å². The van der Waals surface area contributed by atoms with Crippen LogP contribution in [0.1, 0.15) is 51.2 Å². The second kappa shape index (κ2) is 10.00. The van der Waals surface area contributed by atoms with E-state index in [1.165, 1.54) is 18.1 Å². The van der Waals surface area contributed by atoms with Crippen LogP contribution in [0.5, 0.6) is 11.8 Å². The minimum Gasteiger partial charge on any atom is -0.426 e. The summed E-state index contributed by atoms with van der Waals surface area (Å²) in [5, 5.41) is 3.47. The summed E-state index contributed by atoms with van der Waals surface area (Å²) in [5.74, 6) is 0.530. The van der Waals surface area contributed by atoms with Crippen LogP contribution in [0.2, 0.25) is 5.02 Å². The normalized spacial score (nSPS) is 15.9. The summed E-state index contributed by atoms with van der Waals surface area (Å²) in [7, 11) is 0. The second-order valence-corrected chi connectivity index (χ2v) is 10.4. The number of ether oxygens (including phenoxy) is 1. The zero-order chi connectivity index (χ0) is 26.2. The van der Waals surface area contributed by atoms with Gasteiger partial charge in [0.1, 0.15) is 5.75 Å². The van der Waals surface area contributed by atoms with Crippen molar-refractivity contribution < 1.29 is 9.53 Å². The van der Waals surface area contributed by atoms with Crippen molar-refractivity contribution in [3.8, 4) is 23.0 Å². The van der Waals surface area contributed by atoms with Gasteiger partial charge in [-0.15, -0.1) is 0 Å². The fraction of sp³-hybridized carbons (Fsp3) is 0.276. The summed E-state index contributed by atoms with van der Waals surface area (Å²) in [6.45, 7) is 5.41. The molecular weight excluding hydrogens is 486 g/mol. The van der Waals surface area contributed by atoms with Gasteiger partial charge in [-0.2, -0.15) is 4.98 Å². The standard InChI is InChI=1S/C29H30ClN5O2/c1-17(36)35-29(2,3)21-10-14-23(15-11-21)37-28-32-25-16-24(30)26(33-27(25)34-28)20-6-4-18(5-7-20)19-8-12-22(31)13-9-19/h4-8,10-11,14-16,22H,9,12-13,31H2,1-3H3,(H,35,36)(H,32,33,34). The highest BCUT2D eigenvalue weighted by molar-refractivity contribution is 6.33. The second-order valence-electron chi connectivity index (χ2n) is 10.0. The molecule has 0 fully saturated rings. The molecule has 0 aliphatic heterocycles. The quantitative estimate of drug-likeness (QED) is 0.278. The fourth-order valence-corrected chi connectivity index (χ4v) is 4.93. The molecule has 0 spiro atoms. The van der Waals surface area contributed by atoms with Gasteiger partial charge < -0.3 is 20.8 Å². The van der Waals surface area contributed by atoms with Crippen LogP contribution in [0.3, 0.4) is 0 Å². The van der Waals surface area contributed by atoms with Gasteiger partial charge in [0.05, 0.1) is 21.8 Å². The summed E-state index contributed by atoms with van der Waals surface area (Å²) in [6, 6.07) is 18.2. The van der Waals surface area contributed by atoms with E-state index in [1.807, 2.05) is 56.3 Å². The minimum absolute atomic E-state index is 0.0825. The predicted molar refractivity (Wildman–Crippen MR) is 147 cm³/mol. The van der Waals surface area contributed by atoms with Crippen LogP contribution in [0.4, 0.5) is 0 Å². The number of nitrogens with zero attached hydrogens (tertiary/aromatic N) is 2. The molecule has 5 rings (SSSR count). The van der Waals surface area contributed by atoms with E-state index in [0.29, 0.717) is 33.6 Å². The van der Waals surface area contributed by atoms with E-state index in [4.69, 9.17) is 27.1 Å². The topological polar surface area (TPSA) is 106 Å². The van der Waals surface area contributed by atoms with Gasteiger partial charge in [0.25, 0.3) is 0 Å². The molecule has 1 aliphatic carbocycles. The number of nitrogens with two attached hydrogens (primary N) is 1. The SMILES string of the molecule is CC(=O)NC(C)(C)c1ccc(Oc2nc3nc(-c4ccc(C5=CCC(N)CC5)cc4)c(Cl)cc3[nH]2)cc1. The van der Waals surface area contributed by atoms with Crippen molar-refractivity contribution in [1.29, 1.82) is 0 Å². The number of rotatable bonds is 6. The smallest absolute Gasteiger partial charge is 0.301 e. The van der Waals surface area contributed by atoms with Gasteiger partial charge in [-0.3, -0.25) is 4.79 Å². The number of aromatic nitrogens is 3. The van der Waals surface area contributed by atoms with Crippen molar-refractivity contribution in [2.45, 2.75) is 51.6 Å². The first-order valence-electron chi connectivity index (χ1n) is 12.4. The van der Waals surface area contributed by atoms with Crippen molar-refractivity contribution in [3.63, 3.8) is 0 Å². The Morgan fingerprint density at radius 2 is 1.81 bits per heavy atom. The van der Waals surface area contributed by atoms with Crippen molar-refractivity contribution in [3.05, 3.63) is 76.8 Å². The van der Waals surface area contributed by atoms with Gasteiger partial charge in [0, 0.05) is 18.5 Å². The lowest BCUT2D eigenvalue weighted by Crippen LogP contribution is -2.39. The Morgan fingerprint density at radius 1 is 1.11 bits per heavy atom. The molecular formula is C29H30ClN5O2. The van der Waals surface area contributed by atoms with Gasteiger partial charge in [-0.25, -0.2) is 4.98 Å². The zero-order valence-electron chi connectivity index (χ0n) is 21.1. The third-order valence-corrected chi connectivity index (χ3v) is 6.95. The Bertz CT molecular complexity index is 1470. The van der Waals surface area contributed by atoms with Crippen LogP contribution in [-0.4, -0.2) is 26.9 Å². The lowest BCUT2D eigenvalue weighted by Gasteiger charge is -2.26. The number of nitrogens with one attached hydrogen (secondary N) is 2. The molecule has 4 aromatic rings. The summed E-state index contributed by atoms with van der Waals surface area (Å²) in [6.07, 6.45) is 5.17. The minimum atomic E-state index is -0.486. The lowest BCUT2D eigenvalue weighted by atomic mass is 9.90. The number of H-pyrrole nitrogens is 1. The Labute approximate surface area is 221 Å². The number of hydrogen-bond donors (Lipinski definition) is 3. The molecule has 37 heavy (non-hydrogen) atoms. The first-order valence-corrected chi connectivity index (χ1v) is 12.7. The largest absolute Gasteiger partial charge is 0.426 e. The molecule has 4 N–H and O–H groups in total. The summed E-state index contributed by atoms with van der Waals surface area (Å²) in [4.78, 5) is 23.8. The van der Waals surface area contributed by atoms with Crippen LogP contribution in [0.15, 0.2) is 60.7 Å². The molecule has 190 valence electrons. The number of carbonyl (C=O) groups excluding carboxylic acids is 1. The van der Waals surface area contributed by atoms with Gasteiger partial charge in [-0.1, -0.05) is 54.1 Å². The highest BCUT2D eigenvalue weighted by Crippen LogP contribution is 2.33. The highest BCUT2D eigenvalue weighted by atomic mass is 35.5. The van der Waals surface area contributed by atoms with Crippen molar-refractivity contribution in [2.75, 3.05) is 0 Å².